The zero-order chi connectivity index (χ0) is 13.8. The zero-order valence-electron chi connectivity index (χ0n) is 11.5. The van der Waals surface area contributed by atoms with E-state index in [0.717, 1.165) is 30.6 Å². The molecule has 0 radical (unpaired) electrons. The van der Waals surface area contributed by atoms with Crippen molar-refractivity contribution >= 4 is 5.97 Å². The van der Waals surface area contributed by atoms with Crippen LogP contribution in [0.3, 0.4) is 0 Å². The summed E-state index contributed by atoms with van der Waals surface area (Å²) in [6.45, 7) is 3.45. The molecule has 1 aliphatic heterocycles. The van der Waals surface area contributed by atoms with Crippen molar-refractivity contribution in [2.45, 2.75) is 32.4 Å². The van der Waals surface area contributed by atoms with Crippen LogP contribution in [0.5, 0.6) is 0 Å². The molecule has 2 heterocycles. The number of rotatable bonds is 4. The maximum Gasteiger partial charge on any atom is 0.357 e. The number of carbonyl (C=O) groups is 1. The van der Waals surface area contributed by atoms with E-state index >= 15 is 0 Å². The predicted octanol–water partition coefficient (Wildman–Crippen LogP) is 1.01. The van der Waals surface area contributed by atoms with Crippen LogP contribution in [0.1, 0.15) is 47.0 Å². The number of hydrogen-bond acceptors (Lipinski definition) is 6. The largest absolute Gasteiger partial charge is 0.464 e. The number of ether oxygens (including phenoxy) is 2. The van der Waals surface area contributed by atoms with E-state index < -0.39 is 5.97 Å². The van der Waals surface area contributed by atoms with E-state index in [1.165, 1.54) is 7.11 Å². The lowest BCUT2D eigenvalue weighted by molar-refractivity contribution is 0.0586. The van der Waals surface area contributed by atoms with Crippen molar-refractivity contribution in [2.24, 2.45) is 0 Å². The number of nitrogens with zero attached hydrogens (tertiary/aromatic N) is 2. The maximum atomic E-state index is 11.9. The molecular weight excluding hydrogens is 246 g/mol. The topological polar surface area (TPSA) is 73.3 Å². The quantitative estimate of drug-likeness (QED) is 0.819. The van der Waals surface area contributed by atoms with Gasteiger partial charge >= 0.3 is 5.97 Å². The van der Waals surface area contributed by atoms with Gasteiger partial charge in [0.2, 0.25) is 0 Å². The Kier molecular flexibility index (Phi) is 4.44. The van der Waals surface area contributed by atoms with Gasteiger partial charge in [-0.15, -0.1) is 0 Å². The molecule has 1 N–H and O–H groups in total. The van der Waals surface area contributed by atoms with Crippen molar-refractivity contribution in [2.75, 3.05) is 20.8 Å². The number of aromatic nitrogens is 2. The molecule has 6 heteroatoms. The Bertz CT molecular complexity index is 472. The van der Waals surface area contributed by atoms with Crippen molar-refractivity contribution in [3.63, 3.8) is 0 Å². The minimum Gasteiger partial charge on any atom is -0.464 e. The van der Waals surface area contributed by atoms with Crippen LogP contribution in [-0.4, -0.2) is 36.7 Å². The second kappa shape index (κ2) is 6.08. The monoisotopic (exact) mass is 265 g/mol. The summed E-state index contributed by atoms with van der Waals surface area (Å²) in [5.41, 5.74) is 2.11. The predicted molar refractivity (Wildman–Crippen MR) is 68.8 cm³/mol. The highest BCUT2D eigenvalue weighted by Crippen LogP contribution is 2.22. The van der Waals surface area contributed by atoms with E-state index in [2.05, 4.69) is 15.3 Å². The van der Waals surface area contributed by atoms with Crippen LogP contribution < -0.4 is 5.32 Å². The molecule has 0 bridgehead atoms. The molecule has 0 spiro atoms. The van der Waals surface area contributed by atoms with E-state index in [1.54, 1.807) is 7.11 Å². The molecule has 19 heavy (non-hydrogen) atoms. The molecule has 0 aliphatic carbocycles. The summed E-state index contributed by atoms with van der Waals surface area (Å²) < 4.78 is 10.2. The van der Waals surface area contributed by atoms with Crippen LogP contribution in [0.15, 0.2) is 0 Å². The molecule has 0 saturated heterocycles. The van der Waals surface area contributed by atoms with Gasteiger partial charge in [-0.2, -0.15) is 0 Å². The van der Waals surface area contributed by atoms with Gasteiger partial charge in [0.05, 0.1) is 12.8 Å². The number of hydrogen-bond donors (Lipinski definition) is 1. The van der Waals surface area contributed by atoms with Gasteiger partial charge in [-0.05, 0) is 6.42 Å². The molecule has 1 aromatic heterocycles. The normalized spacial score (nSPS) is 15.7. The minimum atomic E-state index is -0.422. The molecule has 1 aromatic rings. The Morgan fingerprint density at radius 3 is 2.84 bits per heavy atom. The number of nitrogens with one attached hydrogen (secondary N) is 1. The molecule has 1 atom stereocenters. The van der Waals surface area contributed by atoms with Gasteiger partial charge in [0.15, 0.2) is 11.5 Å². The molecule has 0 amide bonds. The molecule has 1 unspecified atom stereocenters. The van der Waals surface area contributed by atoms with Crippen molar-refractivity contribution in [3.05, 3.63) is 22.8 Å². The van der Waals surface area contributed by atoms with E-state index in [4.69, 9.17) is 9.47 Å². The highest BCUT2D eigenvalue weighted by molar-refractivity contribution is 5.89. The standard InChI is InChI=1S/C13H19N3O3/c1-4-10(18-2)12-15-9-5-6-14-7-8(9)11(16-12)13(17)19-3/h10,14H,4-7H2,1-3H3. The molecule has 0 aromatic carbocycles. The molecule has 0 fully saturated rings. The Morgan fingerprint density at radius 1 is 1.42 bits per heavy atom. The fourth-order valence-electron chi connectivity index (χ4n) is 2.23. The maximum absolute atomic E-state index is 11.9. The number of carbonyl (C=O) groups excluding carboxylic acids is 1. The second-order valence-electron chi connectivity index (χ2n) is 4.41. The summed E-state index contributed by atoms with van der Waals surface area (Å²) >= 11 is 0. The summed E-state index contributed by atoms with van der Waals surface area (Å²) in [6, 6.07) is 0. The van der Waals surface area contributed by atoms with Gasteiger partial charge in [-0.1, -0.05) is 6.92 Å². The van der Waals surface area contributed by atoms with Crippen molar-refractivity contribution in [3.8, 4) is 0 Å². The molecule has 2 rings (SSSR count). The van der Waals surface area contributed by atoms with Gasteiger partial charge in [0.25, 0.3) is 0 Å². The second-order valence-corrected chi connectivity index (χ2v) is 4.41. The van der Waals surface area contributed by atoms with Gasteiger partial charge < -0.3 is 14.8 Å². The third kappa shape index (κ3) is 2.74. The van der Waals surface area contributed by atoms with Crippen molar-refractivity contribution in [1.82, 2.24) is 15.3 Å². The smallest absolute Gasteiger partial charge is 0.357 e. The Labute approximate surface area is 112 Å². The minimum absolute atomic E-state index is 0.191. The van der Waals surface area contributed by atoms with E-state index in [1.807, 2.05) is 6.92 Å². The fourth-order valence-corrected chi connectivity index (χ4v) is 2.23. The lowest BCUT2D eigenvalue weighted by Crippen LogP contribution is -2.29. The van der Waals surface area contributed by atoms with Crippen LogP contribution in [-0.2, 0) is 22.4 Å². The SMILES string of the molecule is CCC(OC)c1nc2c(c(C(=O)OC)n1)CNCC2. The highest BCUT2D eigenvalue weighted by atomic mass is 16.5. The first-order valence-corrected chi connectivity index (χ1v) is 6.42. The molecule has 6 nitrogen and oxygen atoms in total. The third-order valence-corrected chi connectivity index (χ3v) is 3.27. The summed E-state index contributed by atoms with van der Waals surface area (Å²) in [5.74, 6) is 0.139. The van der Waals surface area contributed by atoms with E-state index in [9.17, 15) is 4.79 Å². The Balaban J connectivity index is 2.50. The number of methoxy groups -OCH3 is 2. The van der Waals surface area contributed by atoms with Gasteiger partial charge in [0.1, 0.15) is 6.10 Å². The van der Waals surface area contributed by atoms with E-state index in [0.29, 0.717) is 18.1 Å². The molecule has 0 saturated carbocycles. The molecular formula is C13H19N3O3. The Hall–Kier alpha value is -1.53. The van der Waals surface area contributed by atoms with Crippen LogP contribution in [0.4, 0.5) is 0 Å². The Morgan fingerprint density at radius 2 is 2.21 bits per heavy atom. The zero-order valence-corrected chi connectivity index (χ0v) is 11.5. The van der Waals surface area contributed by atoms with Crippen LogP contribution in [0.2, 0.25) is 0 Å². The summed E-state index contributed by atoms with van der Waals surface area (Å²) in [6.07, 6.45) is 1.35. The van der Waals surface area contributed by atoms with Gasteiger partial charge in [-0.25, -0.2) is 14.8 Å². The van der Waals surface area contributed by atoms with E-state index in [-0.39, 0.29) is 6.10 Å². The highest BCUT2D eigenvalue weighted by Gasteiger charge is 2.24. The fraction of sp³-hybridized carbons (Fsp3) is 0.615. The number of esters is 1. The molecule has 1 aliphatic rings. The van der Waals surface area contributed by atoms with Crippen LogP contribution in [0.25, 0.3) is 0 Å². The summed E-state index contributed by atoms with van der Waals surface area (Å²) in [7, 11) is 2.98. The van der Waals surface area contributed by atoms with Crippen molar-refractivity contribution < 1.29 is 14.3 Å². The van der Waals surface area contributed by atoms with Crippen LogP contribution in [0, 0.1) is 0 Å². The lowest BCUT2D eigenvalue weighted by Gasteiger charge is -2.21. The first-order valence-electron chi connectivity index (χ1n) is 6.42. The number of fused-ring (bicyclic) bond motifs is 1. The molecule has 104 valence electrons. The average molecular weight is 265 g/mol. The summed E-state index contributed by atoms with van der Waals surface area (Å²) in [5, 5.41) is 3.22. The van der Waals surface area contributed by atoms with Gasteiger partial charge in [0, 0.05) is 32.2 Å². The lowest BCUT2D eigenvalue weighted by atomic mass is 10.0. The summed E-state index contributed by atoms with van der Waals surface area (Å²) in [4.78, 5) is 20.8. The van der Waals surface area contributed by atoms with Crippen LogP contribution >= 0.6 is 0 Å². The average Bonchev–Trinajstić information content (AvgIpc) is 2.47. The third-order valence-electron chi connectivity index (χ3n) is 3.27. The first kappa shape index (κ1) is 13.9. The first-order chi connectivity index (χ1) is 9.21. The van der Waals surface area contributed by atoms with Crippen molar-refractivity contribution in [1.29, 1.82) is 0 Å². The van der Waals surface area contributed by atoms with Gasteiger partial charge in [-0.3, -0.25) is 0 Å².